The second-order valence-electron chi connectivity index (χ2n) is 9.35. The van der Waals surface area contributed by atoms with E-state index < -0.39 is 0 Å². The molecule has 0 atom stereocenters. The maximum Gasteiger partial charge on any atom is 0.133 e. The first kappa shape index (κ1) is 22.3. The van der Waals surface area contributed by atoms with Crippen LogP contribution in [0.15, 0.2) is 52.5 Å². The third kappa shape index (κ3) is 4.12. The molecule has 0 unspecified atom stereocenters. The van der Waals surface area contributed by atoms with E-state index in [1.807, 2.05) is 23.9 Å². The van der Waals surface area contributed by atoms with Gasteiger partial charge in [-0.25, -0.2) is 0 Å². The lowest BCUT2D eigenvalue weighted by Gasteiger charge is -2.32. The molecule has 0 aliphatic carbocycles. The van der Waals surface area contributed by atoms with E-state index in [0.29, 0.717) is 17.7 Å². The summed E-state index contributed by atoms with van der Waals surface area (Å²) in [4.78, 5) is 13.1. The molecule has 3 aromatic rings. The predicted molar refractivity (Wildman–Crippen MR) is 140 cm³/mol. The summed E-state index contributed by atoms with van der Waals surface area (Å²) in [6, 6.07) is 14.9. The van der Waals surface area contributed by atoms with Gasteiger partial charge in [-0.3, -0.25) is 0 Å². The number of nitrogens with one attached hydrogen (secondary N) is 1. The van der Waals surface area contributed by atoms with Crippen LogP contribution in [0.3, 0.4) is 0 Å². The van der Waals surface area contributed by atoms with Gasteiger partial charge < -0.3 is 10.1 Å². The van der Waals surface area contributed by atoms with Gasteiger partial charge in [0.2, 0.25) is 0 Å². The van der Waals surface area contributed by atoms with Gasteiger partial charge in [0.1, 0.15) is 11.4 Å². The van der Waals surface area contributed by atoms with Crippen molar-refractivity contribution in [1.82, 2.24) is 0 Å². The molecule has 0 amide bonds. The Morgan fingerprint density at radius 1 is 1.09 bits per heavy atom. The number of hydrogen-bond acceptors (Lipinski definition) is 5. The lowest BCUT2D eigenvalue weighted by atomic mass is 9.75. The number of nitrogens with zero attached hydrogens (tertiary/aromatic N) is 1. The molecule has 0 bridgehead atoms. The van der Waals surface area contributed by atoms with Crippen LogP contribution >= 0.6 is 11.8 Å². The molecule has 3 aromatic carbocycles. The molecule has 0 fully saturated rings. The molecule has 1 N–H and O–H groups in total. The molecule has 5 heteroatoms. The number of aryl methyl sites for hydroxylation is 1. The number of anilines is 1. The summed E-state index contributed by atoms with van der Waals surface area (Å²) in [5.74, 6) is 1.80. The summed E-state index contributed by atoms with van der Waals surface area (Å²) in [6.45, 7) is 6.24. The summed E-state index contributed by atoms with van der Waals surface area (Å²) >= 11 is 1.82. The monoisotopic (exact) mass is 460 g/mol. The van der Waals surface area contributed by atoms with E-state index in [0.717, 1.165) is 52.2 Å². The van der Waals surface area contributed by atoms with Crippen molar-refractivity contribution in [3.8, 4) is 16.9 Å². The molecule has 2 aliphatic rings. The molecule has 0 radical (unpaired) electrons. The van der Waals surface area contributed by atoms with Crippen molar-refractivity contribution in [1.29, 1.82) is 0 Å². The highest BCUT2D eigenvalue weighted by atomic mass is 32.2. The zero-order valence-corrected chi connectivity index (χ0v) is 20.4. The molecule has 0 aromatic heterocycles. The van der Waals surface area contributed by atoms with Crippen molar-refractivity contribution < 1.29 is 4.74 Å². The van der Waals surface area contributed by atoms with Gasteiger partial charge in [-0.15, -0.1) is 16.7 Å². The van der Waals surface area contributed by atoms with E-state index in [9.17, 15) is 4.91 Å². The number of thioether (sulfide) groups is 1. The van der Waals surface area contributed by atoms with Gasteiger partial charge in [0, 0.05) is 28.9 Å². The van der Waals surface area contributed by atoms with Crippen molar-refractivity contribution in [2.45, 2.75) is 57.3 Å². The Morgan fingerprint density at radius 2 is 1.94 bits per heavy atom. The topological polar surface area (TPSA) is 50.7 Å². The van der Waals surface area contributed by atoms with Crippen LogP contribution in [-0.2, 0) is 6.42 Å². The van der Waals surface area contributed by atoms with Gasteiger partial charge in [-0.1, -0.05) is 51.0 Å². The van der Waals surface area contributed by atoms with E-state index in [1.54, 1.807) is 0 Å². The van der Waals surface area contributed by atoms with Crippen molar-refractivity contribution in [2.24, 2.45) is 10.6 Å². The molecule has 33 heavy (non-hydrogen) atoms. The molecular formula is C28H32N2O2S. The number of fused-ring (bicyclic) bond motifs is 6. The summed E-state index contributed by atoms with van der Waals surface area (Å²) < 4.78 is 5.91. The maximum absolute atomic E-state index is 11.9. The zero-order valence-electron chi connectivity index (χ0n) is 19.6. The van der Waals surface area contributed by atoms with E-state index >= 15 is 0 Å². The largest absolute Gasteiger partial charge is 0.492 e. The van der Waals surface area contributed by atoms with Gasteiger partial charge in [-0.2, -0.15) is 0 Å². The van der Waals surface area contributed by atoms with Crippen LogP contribution in [0.25, 0.3) is 21.9 Å². The van der Waals surface area contributed by atoms with E-state index in [4.69, 9.17) is 4.74 Å². The Bertz CT molecular complexity index is 1190. The number of rotatable bonds is 3. The van der Waals surface area contributed by atoms with Crippen LogP contribution < -0.4 is 10.1 Å². The summed E-state index contributed by atoms with van der Waals surface area (Å²) in [5.41, 5.74) is 5.66. The van der Waals surface area contributed by atoms with E-state index in [-0.39, 0.29) is 0 Å². The number of hydrogen-bond donors (Lipinski definition) is 1. The lowest BCUT2D eigenvalue weighted by Crippen LogP contribution is -2.23. The predicted octanol–water partition coefficient (Wildman–Crippen LogP) is 8.33. The summed E-state index contributed by atoms with van der Waals surface area (Å²) in [6.07, 6.45) is 7.03. The molecule has 5 rings (SSSR count). The van der Waals surface area contributed by atoms with E-state index in [2.05, 4.69) is 54.7 Å². The van der Waals surface area contributed by atoms with Gasteiger partial charge in [-0.05, 0) is 71.0 Å². The first-order chi connectivity index (χ1) is 16.2. The number of benzene rings is 3. The van der Waals surface area contributed by atoms with Gasteiger partial charge in [0.05, 0.1) is 11.5 Å². The van der Waals surface area contributed by atoms with Crippen LogP contribution in [0.4, 0.5) is 11.4 Å². The molecule has 172 valence electrons. The fourth-order valence-electron chi connectivity index (χ4n) is 5.62. The highest BCUT2D eigenvalue weighted by molar-refractivity contribution is 7.99. The Labute approximate surface area is 200 Å². The molecule has 4 nitrogen and oxygen atoms in total. The van der Waals surface area contributed by atoms with Crippen LogP contribution in [0, 0.1) is 10.3 Å². The molecule has 0 saturated heterocycles. The Balaban J connectivity index is 1.75. The fourth-order valence-corrected chi connectivity index (χ4v) is 6.47. The minimum atomic E-state index is 0.363. The van der Waals surface area contributed by atoms with Crippen molar-refractivity contribution in [3.05, 3.63) is 52.9 Å². The van der Waals surface area contributed by atoms with Crippen molar-refractivity contribution >= 4 is 33.9 Å². The highest BCUT2D eigenvalue weighted by Crippen LogP contribution is 2.47. The van der Waals surface area contributed by atoms with Crippen LogP contribution in [0.5, 0.6) is 5.75 Å². The molecular weight excluding hydrogens is 428 g/mol. The quantitative estimate of drug-likeness (QED) is 0.399. The standard InChI is InChI=1S/C28H32N2O2S/c1-3-28(4-2)11-7-9-19-8-5-6-10-20(19)27-22-17-26-25(32-14-15-33-26)16-21(22)23(30-31)18-24(27)29-13-12-28/h5-6,8,10,16-18,29H,3-4,7,9,11-15H2,1-2H3. The zero-order chi connectivity index (χ0) is 22.8. The minimum absolute atomic E-state index is 0.363. The Hall–Kier alpha value is -2.53. The lowest BCUT2D eigenvalue weighted by molar-refractivity contribution is 0.219. The fraction of sp³-hybridized carbons (Fsp3) is 0.429. The second kappa shape index (κ2) is 9.38. The van der Waals surface area contributed by atoms with Crippen LogP contribution in [-0.4, -0.2) is 18.9 Å². The van der Waals surface area contributed by atoms with Crippen molar-refractivity contribution in [2.75, 3.05) is 24.2 Å². The normalized spacial score (nSPS) is 17.5. The average Bonchev–Trinajstić information content (AvgIpc) is 2.89. The summed E-state index contributed by atoms with van der Waals surface area (Å²) in [5, 5.41) is 9.12. The van der Waals surface area contributed by atoms with Gasteiger partial charge >= 0.3 is 0 Å². The second-order valence-corrected chi connectivity index (χ2v) is 10.5. The van der Waals surface area contributed by atoms with E-state index in [1.165, 1.54) is 42.4 Å². The third-order valence-corrected chi connectivity index (χ3v) is 8.79. The molecule has 2 aliphatic heterocycles. The SMILES string of the molecule is CCC1(CC)CCCc2ccccc2-c2c(cc(N=O)c3cc4c(cc23)SCCO4)NCC1. The smallest absolute Gasteiger partial charge is 0.133 e. The highest BCUT2D eigenvalue weighted by Gasteiger charge is 2.27. The molecule has 0 spiro atoms. The molecule has 0 saturated carbocycles. The van der Waals surface area contributed by atoms with Crippen LogP contribution in [0.2, 0.25) is 0 Å². The average molecular weight is 461 g/mol. The van der Waals surface area contributed by atoms with Gasteiger partial charge in [0.25, 0.3) is 0 Å². The van der Waals surface area contributed by atoms with Crippen molar-refractivity contribution in [3.63, 3.8) is 0 Å². The number of nitroso groups, excluding NO2 is 1. The number of ether oxygens (including phenoxy) is 1. The van der Waals surface area contributed by atoms with Crippen LogP contribution in [0.1, 0.15) is 51.5 Å². The minimum Gasteiger partial charge on any atom is -0.492 e. The first-order valence-electron chi connectivity index (χ1n) is 12.2. The Morgan fingerprint density at radius 3 is 2.76 bits per heavy atom. The first-order valence-corrected chi connectivity index (χ1v) is 13.2. The third-order valence-electron chi connectivity index (χ3n) is 7.79. The molecule has 2 heterocycles. The maximum atomic E-state index is 11.9. The Kier molecular flexibility index (Phi) is 6.33. The summed E-state index contributed by atoms with van der Waals surface area (Å²) in [7, 11) is 0. The van der Waals surface area contributed by atoms with Gasteiger partial charge in [0.15, 0.2) is 0 Å².